The number of hydrogen-bond donors (Lipinski definition) is 0. The maximum atomic E-state index is 12.9. The van der Waals surface area contributed by atoms with Crippen LogP contribution in [0.25, 0.3) is 0 Å². The average Bonchev–Trinajstić information content (AvgIpc) is 3.47. The molecule has 0 saturated carbocycles. The fourth-order valence-corrected chi connectivity index (χ4v) is 9.08. The number of rotatable bonds is 60. The van der Waals surface area contributed by atoms with Crippen LogP contribution in [-0.4, -0.2) is 37.2 Å². The Hall–Kier alpha value is -4.45. The topological polar surface area (TPSA) is 78.9 Å². The number of ether oxygens (including phenoxy) is 3. The highest BCUT2D eigenvalue weighted by Gasteiger charge is 2.19. The molecule has 0 aromatic rings. The van der Waals surface area contributed by atoms with E-state index >= 15 is 0 Å². The van der Waals surface area contributed by atoms with Gasteiger partial charge < -0.3 is 14.2 Å². The van der Waals surface area contributed by atoms with E-state index in [9.17, 15) is 14.4 Å². The van der Waals surface area contributed by atoms with Crippen LogP contribution in [0.1, 0.15) is 303 Å². The van der Waals surface area contributed by atoms with Crippen molar-refractivity contribution in [3.05, 3.63) is 134 Å². The third-order valence-corrected chi connectivity index (χ3v) is 14.1. The summed E-state index contributed by atoms with van der Waals surface area (Å²) >= 11 is 0. The first-order chi connectivity index (χ1) is 40.0. The van der Waals surface area contributed by atoms with E-state index in [1.165, 1.54) is 116 Å². The molecule has 0 amide bonds. The summed E-state index contributed by atoms with van der Waals surface area (Å²) in [5.41, 5.74) is 0. The molecular weight excluding hydrogens is 997 g/mol. The van der Waals surface area contributed by atoms with E-state index in [1.54, 1.807) is 0 Å². The Balaban J connectivity index is 4.20. The van der Waals surface area contributed by atoms with Crippen molar-refractivity contribution in [1.82, 2.24) is 0 Å². The van der Waals surface area contributed by atoms with Gasteiger partial charge in [0.1, 0.15) is 13.2 Å². The highest BCUT2D eigenvalue weighted by molar-refractivity contribution is 5.71. The molecule has 0 saturated heterocycles. The Morgan fingerprint density at radius 1 is 0.259 bits per heavy atom. The normalized spacial score (nSPS) is 13.0. The van der Waals surface area contributed by atoms with Crippen LogP contribution in [0, 0.1) is 0 Å². The molecule has 0 bridgehead atoms. The Bertz CT molecular complexity index is 1720. The fourth-order valence-electron chi connectivity index (χ4n) is 9.08. The fraction of sp³-hybridized carbons (Fsp3) is 0.667. The van der Waals surface area contributed by atoms with Gasteiger partial charge in [0, 0.05) is 19.3 Å². The second kappa shape index (κ2) is 68.1. The second-order valence-corrected chi connectivity index (χ2v) is 22.0. The molecule has 81 heavy (non-hydrogen) atoms. The van der Waals surface area contributed by atoms with Crippen molar-refractivity contribution in [2.24, 2.45) is 0 Å². The molecule has 0 aliphatic heterocycles. The van der Waals surface area contributed by atoms with Gasteiger partial charge >= 0.3 is 17.9 Å². The first-order valence-corrected chi connectivity index (χ1v) is 33.7. The summed E-state index contributed by atoms with van der Waals surface area (Å²) in [6.07, 6.45) is 96.2. The lowest BCUT2D eigenvalue weighted by Crippen LogP contribution is -2.30. The van der Waals surface area contributed by atoms with Gasteiger partial charge in [0.15, 0.2) is 6.10 Å². The second-order valence-electron chi connectivity index (χ2n) is 22.0. The molecule has 0 aliphatic rings. The molecule has 1 unspecified atom stereocenters. The molecular formula is C75H124O6. The third kappa shape index (κ3) is 66.2. The van der Waals surface area contributed by atoms with Gasteiger partial charge in [0.25, 0.3) is 0 Å². The lowest BCUT2D eigenvalue weighted by Gasteiger charge is -2.18. The van der Waals surface area contributed by atoms with Crippen molar-refractivity contribution >= 4 is 17.9 Å². The van der Waals surface area contributed by atoms with Gasteiger partial charge in [-0.05, 0) is 135 Å². The van der Waals surface area contributed by atoms with Gasteiger partial charge in [-0.1, -0.05) is 283 Å². The van der Waals surface area contributed by atoms with E-state index in [-0.39, 0.29) is 31.1 Å². The molecule has 0 aromatic carbocycles. The molecule has 0 rings (SSSR count). The molecule has 0 aliphatic carbocycles. The van der Waals surface area contributed by atoms with E-state index in [4.69, 9.17) is 14.2 Å². The number of carbonyl (C=O) groups is 3. The molecule has 460 valence electrons. The van der Waals surface area contributed by atoms with Gasteiger partial charge in [-0.3, -0.25) is 14.4 Å². The minimum atomic E-state index is -0.791. The predicted octanol–water partition coefficient (Wildman–Crippen LogP) is 23.3. The summed E-state index contributed by atoms with van der Waals surface area (Å²) in [4.78, 5) is 38.2. The SMILES string of the molecule is CC/C=C\C/C=C\C/C=C\C/C=C\C/C=C\C/C=C\C/C=C\C/C=C\CCCCCCCCCCCCC(=O)OCC(COC(=O)CCCCCCC/C=C\CCC)OC(=O)CCCCCCCCC/C=C\C/C=C\CCCCCC. The minimum Gasteiger partial charge on any atom is -0.462 e. The van der Waals surface area contributed by atoms with Crippen LogP contribution in [-0.2, 0) is 28.6 Å². The van der Waals surface area contributed by atoms with Crippen molar-refractivity contribution in [1.29, 1.82) is 0 Å². The van der Waals surface area contributed by atoms with Gasteiger partial charge in [0.2, 0.25) is 0 Å². The first-order valence-electron chi connectivity index (χ1n) is 33.7. The van der Waals surface area contributed by atoms with Crippen LogP contribution >= 0.6 is 0 Å². The summed E-state index contributed by atoms with van der Waals surface area (Å²) in [7, 11) is 0. The number of hydrogen-bond acceptors (Lipinski definition) is 6. The van der Waals surface area contributed by atoms with Gasteiger partial charge in [-0.15, -0.1) is 0 Å². The van der Waals surface area contributed by atoms with E-state index in [0.29, 0.717) is 19.3 Å². The summed E-state index contributed by atoms with van der Waals surface area (Å²) in [5, 5.41) is 0. The standard InChI is InChI=1S/C75H124O6/c1-4-7-10-13-16-19-22-24-26-28-30-31-32-33-34-35-36-37-38-39-40-41-42-43-44-45-46-48-49-51-53-56-59-62-65-68-74(77)80-71-72(70-79-73(76)67-64-61-58-55-21-18-15-12-9-6-3)81-75(78)69-66-63-60-57-54-52-50-47-29-27-25-23-20-17-14-11-8-5-2/h7,10,12,15-16,19-20,23-24,26-27,29-31,33-34,36-37,39-40,42-43,72H,4-6,8-9,11,13-14,17-18,21-22,25,28,32,35,38,41,44-71H2,1-3H3/b10-7-,15-12-,19-16-,23-20-,26-24-,29-27-,31-30-,34-33-,37-36-,40-39-,43-42-. The lowest BCUT2D eigenvalue weighted by molar-refractivity contribution is -0.167. The van der Waals surface area contributed by atoms with Crippen LogP contribution in [0.5, 0.6) is 0 Å². The Kier molecular flexibility index (Phi) is 64.3. The molecule has 0 N–H and O–H groups in total. The van der Waals surface area contributed by atoms with Crippen LogP contribution in [0.15, 0.2) is 134 Å². The number of unbranched alkanes of at least 4 members (excludes halogenated alkanes) is 27. The molecule has 6 nitrogen and oxygen atoms in total. The van der Waals surface area contributed by atoms with E-state index in [2.05, 4.69) is 154 Å². The van der Waals surface area contributed by atoms with Gasteiger partial charge in [-0.25, -0.2) is 0 Å². The predicted molar refractivity (Wildman–Crippen MR) is 353 cm³/mol. The third-order valence-electron chi connectivity index (χ3n) is 14.1. The van der Waals surface area contributed by atoms with E-state index in [0.717, 1.165) is 148 Å². The maximum Gasteiger partial charge on any atom is 0.306 e. The molecule has 6 heteroatoms. The Labute approximate surface area is 500 Å². The van der Waals surface area contributed by atoms with Crippen molar-refractivity contribution in [2.45, 2.75) is 309 Å². The quantitative estimate of drug-likeness (QED) is 0.0261. The molecule has 0 heterocycles. The molecule has 0 aromatic heterocycles. The molecule has 0 fully saturated rings. The Morgan fingerprint density at radius 3 is 0.815 bits per heavy atom. The number of esters is 3. The van der Waals surface area contributed by atoms with E-state index < -0.39 is 6.10 Å². The largest absolute Gasteiger partial charge is 0.462 e. The van der Waals surface area contributed by atoms with Crippen LogP contribution in [0.4, 0.5) is 0 Å². The summed E-state index contributed by atoms with van der Waals surface area (Å²) < 4.78 is 16.9. The van der Waals surface area contributed by atoms with Crippen molar-refractivity contribution in [3.8, 4) is 0 Å². The first kappa shape index (κ1) is 76.5. The maximum absolute atomic E-state index is 12.9. The zero-order valence-electron chi connectivity index (χ0n) is 52.8. The average molecular weight is 1120 g/mol. The van der Waals surface area contributed by atoms with Gasteiger partial charge in [-0.2, -0.15) is 0 Å². The van der Waals surface area contributed by atoms with Crippen LogP contribution < -0.4 is 0 Å². The summed E-state index contributed by atoms with van der Waals surface area (Å²) in [6, 6.07) is 0. The van der Waals surface area contributed by atoms with E-state index in [1.807, 2.05) is 0 Å². The van der Waals surface area contributed by atoms with Crippen molar-refractivity contribution in [3.63, 3.8) is 0 Å². The zero-order chi connectivity index (χ0) is 58.5. The molecule has 0 spiro atoms. The summed E-state index contributed by atoms with van der Waals surface area (Å²) in [6.45, 7) is 6.44. The zero-order valence-corrected chi connectivity index (χ0v) is 52.8. The van der Waals surface area contributed by atoms with Crippen molar-refractivity contribution < 1.29 is 28.6 Å². The minimum absolute atomic E-state index is 0.0878. The Morgan fingerprint density at radius 2 is 0.506 bits per heavy atom. The van der Waals surface area contributed by atoms with Crippen LogP contribution in [0.2, 0.25) is 0 Å². The highest BCUT2D eigenvalue weighted by atomic mass is 16.6. The lowest BCUT2D eigenvalue weighted by atomic mass is 10.1. The van der Waals surface area contributed by atoms with Crippen LogP contribution in [0.3, 0.4) is 0 Å². The van der Waals surface area contributed by atoms with Crippen molar-refractivity contribution in [2.75, 3.05) is 13.2 Å². The number of allylic oxidation sites excluding steroid dienone is 22. The molecule has 0 radical (unpaired) electrons. The number of carbonyl (C=O) groups excluding carboxylic acids is 3. The highest BCUT2D eigenvalue weighted by Crippen LogP contribution is 2.15. The van der Waals surface area contributed by atoms with Gasteiger partial charge in [0.05, 0.1) is 0 Å². The monoisotopic (exact) mass is 1120 g/mol. The smallest absolute Gasteiger partial charge is 0.306 e. The molecule has 1 atom stereocenters. The summed E-state index contributed by atoms with van der Waals surface area (Å²) in [5.74, 6) is -0.907.